The largest absolute Gasteiger partial charge is 0.362 e. The molecule has 25 heavy (non-hydrogen) atoms. The van der Waals surface area contributed by atoms with Crippen LogP contribution in [0.2, 0.25) is 0 Å². The molecule has 1 saturated heterocycles. The Morgan fingerprint density at radius 3 is 2.00 bits per heavy atom. The SMILES string of the molecule is c1ccc([P+]2(c3ccccc3)C[C@@H]3CCCN3c3ccccc32)cc1. The first-order chi connectivity index (χ1) is 12.4. The maximum Gasteiger partial charge on any atom is 0.128 e. The molecule has 0 N–H and O–H groups in total. The molecule has 2 heterocycles. The van der Waals surface area contributed by atoms with Crippen LogP contribution >= 0.6 is 7.26 Å². The normalized spacial score (nSPS) is 20.8. The summed E-state index contributed by atoms with van der Waals surface area (Å²) in [6.45, 7) is 1.21. The van der Waals surface area contributed by atoms with Gasteiger partial charge in [-0.25, -0.2) is 0 Å². The highest BCUT2D eigenvalue weighted by Gasteiger charge is 2.54. The molecule has 1 atom stereocenters. The first kappa shape index (κ1) is 15.2. The van der Waals surface area contributed by atoms with Gasteiger partial charge in [-0.3, -0.25) is 0 Å². The number of fused-ring (bicyclic) bond motifs is 3. The molecule has 0 radical (unpaired) electrons. The van der Waals surface area contributed by atoms with E-state index in [1.165, 1.54) is 41.8 Å². The molecule has 2 aliphatic rings. The van der Waals surface area contributed by atoms with Gasteiger partial charge in [-0.15, -0.1) is 0 Å². The number of rotatable bonds is 2. The summed E-state index contributed by atoms with van der Waals surface area (Å²) in [6, 6.07) is 32.5. The van der Waals surface area contributed by atoms with Crippen LogP contribution in [-0.2, 0) is 0 Å². The van der Waals surface area contributed by atoms with Crippen LogP contribution in [0.5, 0.6) is 0 Å². The van der Waals surface area contributed by atoms with Crippen LogP contribution in [-0.4, -0.2) is 18.7 Å². The third-order valence-corrected chi connectivity index (χ3v) is 10.4. The highest BCUT2D eigenvalue weighted by atomic mass is 31.2. The Kier molecular flexibility index (Phi) is 3.64. The van der Waals surface area contributed by atoms with Gasteiger partial charge in [0.2, 0.25) is 0 Å². The molecule has 2 heteroatoms. The highest BCUT2D eigenvalue weighted by molar-refractivity contribution is 7.96. The monoisotopic (exact) mass is 344 g/mol. The predicted molar refractivity (Wildman–Crippen MR) is 110 cm³/mol. The Morgan fingerprint density at radius 2 is 1.32 bits per heavy atom. The van der Waals surface area contributed by atoms with Gasteiger partial charge < -0.3 is 4.90 Å². The van der Waals surface area contributed by atoms with Gasteiger partial charge in [-0.1, -0.05) is 48.5 Å². The van der Waals surface area contributed by atoms with Gasteiger partial charge in [0.1, 0.15) is 23.2 Å². The summed E-state index contributed by atoms with van der Waals surface area (Å²) in [5.74, 6) is 0. The van der Waals surface area contributed by atoms with E-state index in [2.05, 4.69) is 89.8 Å². The second-order valence-electron chi connectivity index (χ2n) is 7.14. The zero-order valence-electron chi connectivity index (χ0n) is 14.4. The van der Waals surface area contributed by atoms with Gasteiger partial charge in [0.15, 0.2) is 0 Å². The van der Waals surface area contributed by atoms with Crippen molar-refractivity contribution in [2.24, 2.45) is 0 Å². The second kappa shape index (κ2) is 6.00. The molecule has 0 amide bonds. The maximum atomic E-state index is 2.68. The fraction of sp³-hybridized carbons (Fsp3) is 0.217. The molecule has 0 unspecified atom stereocenters. The quantitative estimate of drug-likeness (QED) is 0.636. The number of hydrogen-bond donors (Lipinski definition) is 0. The maximum absolute atomic E-state index is 2.68. The van der Waals surface area contributed by atoms with Crippen molar-refractivity contribution in [3.63, 3.8) is 0 Å². The Balaban J connectivity index is 1.83. The van der Waals surface area contributed by atoms with E-state index >= 15 is 0 Å². The van der Waals surface area contributed by atoms with E-state index in [0.717, 1.165) is 0 Å². The number of para-hydroxylation sites is 1. The fourth-order valence-corrected chi connectivity index (χ4v) is 9.57. The summed E-state index contributed by atoms with van der Waals surface area (Å²) in [7, 11) is -1.60. The zero-order valence-corrected chi connectivity index (χ0v) is 15.3. The molecule has 3 aromatic rings. The van der Waals surface area contributed by atoms with Gasteiger partial charge in [-0.05, 0) is 49.2 Å². The van der Waals surface area contributed by atoms with Crippen LogP contribution < -0.4 is 20.8 Å². The number of nitrogens with zero attached hydrogens (tertiary/aromatic N) is 1. The van der Waals surface area contributed by atoms with E-state index in [4.69, 9.17) is 0 Å². The molecule has 124 valence electrons. The number of benzene rings is 3. The van der Waals surface area contributed by atoms with Gasteiger partial charge >= 0.3 is 0 Å². The minimum Gasteiger partial charge on any atom is -0.362 e. The van der Waals surface area contributed by atoms with Gasteiger partial charge in [-0.2, -0.15) is 0 Å². The Morgan fingerprint density at radius 1 is 0.720 bits per heavy atom. The van der Waals surface area contributed by atoms with Crippen LogP contribution in [0.3, 0.4) is 0 Å². The van der Waals surface area contributed by atoms with E-state index in [1.807, 2.05) is 0 Å². The van der Waals surface area contributed by atoms with Crippen LogP contribution in [0.4, 0.5) is 5.69 Å². The van der Waals surface area contributed by atoms with Crippen LogP contribution in [0.1, 0.15) is 12.8 Å². The van der Waals surface area contributed by atoms with Crippen molar-refractivity contribution in [1.82, 2.24) is 0 Å². The highest BCUT2D eigenvalue weighted by Crippen LogP contribution is 2.61. The molecular weight excluding hydrogens is 321 g/mol. The summed E-state index contributed by atoms with van der Waals surface area (Å²) in [5.41, 5.74) is 1.48. The minimum absolute atomic E-state index is 0.684. The Labute approximate surface area is 150 Å². The van der Waals surface area contributed by atoms with Crippen LogP contribution in [0, 0.1) is 0 Å². The third kappa shape index (κ3) is 2.26. The molecule has 0 saturated carbocycles. The first-order valence-corrected chi connectivity index (χ1v) is 11.2. The lowest BCUT2D eigenvalue weighted by atomic mass is 10.2. The molecular formula is C23H23NP+. The lowest BCUT2D eigenvalue weighted by Gasteiger charge is -2.40. The molecule has 3 aromatic carbocycles. The second-order valence-corrected chi connectivity index (χ2v) is 10.6. The van der Waals surface area contributed by atoms with Crippen molar-refractivity contribution >= 4 is 28.9 Å². The Hall–Kier alpha value is -2.11. The van der Waals surface area contributed by atoms with Gasteiger partial charge in [0.25, 0.3) is 0 Å². The van der Waals surface area contributed by atoms with E-state index in [9.17, 15) is 0 Å². The van der Waals surface area contributed by atoms with Gasteiger partial charge in [0.05, 0.1) is 17.9 Å². The number of anilines is 1. The van der Waals surface area contributed by atoms with Crippen molar-refractivity contribution in [2.75, 3.05) is 17.6 Å². The lowest BCUT2D eigenvalue weighted by Crippen LogP contribution is -2.48. The van der Waals surface area contributed by atoms with Crippen molar-refractivity contribution < 1.29 is 0 Å². The third-order valence-electron chi connectivity index (χ3n) is 5.86. The van der Waals surface area contributed by atoms with Crippen molar-refractivity contribution in [3.8, 4) is 0 Å². The summed E-state index contributed by atoms with van der Waals surface area (Å²) in [4.78, 5) is 2.68. The average molecular weight is 344 g/mol. The lowest BCUT2D eigenvalue weighted by molar-refractivity contribution is 0.737. The molecule has 1 nitrogen and oxygen atoms in total. The molecule has 2 aliphatic heterocycles. The molecule has 1 fully saturated rings. The molecule has 5 rings (SSSR count). The molecule has 0 aromatic heterocycles. The van der Waals surface area contributed by atoms with E-state index in [0.29, 0.717) is 6.04 Å². The summed E-state index contributed by atoms with van der Waals surface area (Å²) in [6.07, 6.45) is 3.93. The van der Waals surface area contributed by atoms with Gasteiger partial charge in [0, 0.05) is 6.54 Å². The smallest absolute Gasteiger partial charge is 0.128 e. The fourth-order valence-electron chi connectivity index (χ4n) is 4.79. The summed E-state index contributed by atoms with van der Waals surface area (Å²) >= 11 is 0. The molecule has 0 spiro atoms. The predicted octanol–water partition coefficient (Wildman–Crippen LogP) is 3.96. The summed E-state index contributed by atoms with van der Waals surface area (Å²) in [5, 5.41) is 4.63. The summed E-state index contributed by atoms with van der Waals surface area (Å²) < 4.78 is 0. The topological polar surface area (TPSA) is 3.24 Å². The molecule has 0 aliphatic carbocycles. The molecule has 0 bridgehead atoms. The van der Waals surface area contributed by atoms with Crippen LogP contribution in [0.15, 0.2) is 84.9 Å². The standard InChI is InChI=1S/C23H23NP/c1-3-11-20(12-4-1)25(21-13-5-2-6-14-21)18-19-10-9-17-24(19)22-15-7-8-16-23(22)25/h1-8,11-16,19H,9-10,17-18H2/q+1/t19-/m0/s1. The van der Waals surface area contributed by atoms with E-state index in [-0.39, 0.29) is 0 Å². The van der Waals surface area contributed by atoms with Crippen LogP contribution in [0.25, 0.3) is 0 Å². The van der Waals surface area contributed by atoms with Crippen molar-refractivity contribution in [2.45, 2.75) is 18.9 Å². The van der Waals surface area contributed by atoms with Crippen molar-refractivity contribution in [3.05, 3.63) is 84.9 Å². The first-order valence-electron chi connectivity index (χ1n) is 9.25. The van der Waals surface area contributed by atoms with Crippen molar-refractivity contribution in [1.29, 1.82) is 0 Å². The average Bonchev–Trinajstić information content (AvgIpc) is 3.17. The minimum atomic E-state index is -1.60. The van der Waals surface area contributed by atoms with E-state index in [1.54, 1.807) is 5.30 Å². The zero-order chi connectivity index (χ0) is 16.7. The van der Waals surface area contributed by atoms with E-state index < -0.39 is 7.26 Å². The Bertz CT molecular complexity index is 835. The number of hydrogen-bond acceptors (Lipinski definition) is 1.